The standard InChI is InChI=1S/C16H22N4/c1-5-14-15(17-4)18-10-19-16(14)20-13-8-6-7-12(9-13)11(2)3/h6-11H,5H2,1-4H3,(H2,17,18,19,20). The van der Waals surface area contributed by atoms with Crippen LogP contribution < -0.4 is 10.6 Å². The molecule has 0 unspecified atom stereocenters. The molecule has 0 bridgehead atoms. The maximum Gasteiger partial charge on any atom is 0.139 e. The first-order valence-corrected chi connectivity index (χ1v) is 7.04. The Kier molecular flexibility index (Phi) is 4.56. The van der Waals surface area contributed by atoms with Gasteiger partial charge in [-0.25, -0.2) is 9.97 Å². The Hall–Kier alpha value is -2.10. The number of nitrogens with one attached hydrogen (secondary N) is 2. The van der Waals surface area contributed by atoms with Crippen LogP contribution >= 0.6 is 0 Å². The van der Waals surface area contributed by atoms with Crippen molar-refractivity contribution in [3.05, 3.63) is 41.7 Å². The van der Waals surface area contributed by atoms with E-state index >= 15 is 0 Å². The van der Waals surface area contributed by atoms with Crippen LogP contribution in [0.25, 0.3) is 0 Å². The molecule has 0 radical (unpaired) electrons. The van der Waals surface area contributed by atoms with E-state index < -0.39 is 0 Å². The lowest BCUT2D eigenvalue weighted by atomic mass is 10.0. The molecule has 1 aromatic heterocycles. The molecule has 0 saturated heterocycles. The van der Waals surface area contributed by atoms with Crippen LogP contribution in [-0.2, 0) is 6.42 Å². The molecular formula is C16H22N4. The van der Waals surface area contributed by atoms with Crippen LogP contribution in [0.4, 0.5) is 17.3 Å². The minimum absolute atomic E-state index is 0.515. The molecule has 4 nitrogen and oxygen atoms in total. The fourth-order valence-corrected chi connectivity index (χ4v) is 2.18. The van der Waals surface area contributed by atoms with Gasteiger partial charge in [0, 0.05) is 18.3 Å². The van der Waals surface area contributed by atoms with Crippen LogP contribution in [0, 0.1) is 0 Å². The fraction of sp³-hybridized carbons (Fsp3) is 0.375. The third kappa shape index (κ3) is 3.07. The summed E-state index contributed by atoms with van der Waals surface area (Å²) in [7, 11) is 1.88. The lowest BCUT2D eigenvalue weighted by molar-refractivity contribution is 0.867. The molecule has 0 saturated carbocycles. The summed E-state index contributed by atoms with van der Waals surface area (Å²) in [6.45, 7) is 6.50. The summed E-state index contributed by atoms with van der Waals surface area (Å²) in [6.07, 6.45) is 2.46. The maximum absolute atomic E-state index is 4.37. The zero-order valence-electron chi connectivity index (χ0n) is 12.6. The number of benzene rings is 1. The Balaban J connectivity index is 2.32. The summed E-state index contributed by atoms with van der Waals surface area (Å²) in [6, 6.07) is 8.46. The molecule has 0 fully saturated rings. The van der Waals surface area contributed by atoms with Crippen molar-refractivity contribution in [2.75, 3.05) is 17.7 Å². The minimum atomic E-state index is 0.515. The monoisotopic (exact) mass is 270 g/mol. The summed E-state index contributed by atoms with van der Waals surface area (Å²) >= 11 is 0. The molecule has 2 aromatic rings. The van der Waals surface area contributed by atoms with E-state index in [9.17, 15) is 0 Å². The number of rotatable bonds is 5. The van der Waals surface area contributed by atoms with E-state index in [-0.39, 0.29) is 0 Å². The first kappa shape index (κ1) is 14.3. The molecule has 2 N–H and O–H groups in total. The van der Waals surface area contributed by atoms with E-state index in [1.807, 2.05) is 7.05 Å². The van der Waals surface area contributed by atoms with Gasteiger partial charge in [-0.15, -0.1) is 0 Å². The molecule has 0 aliphatic rings. The van der Waals surface area contributed by atoms with Crippen molar-refractivity contribution in [2.45, 2.75) is 33.1 Å². The van der Waals surface area contributed by atoms with E-state index in [2.05, 4.69) is 65.6 Å². The Morgan fingerprint density at radius 3 is 2.55 bits per heavy atom. The molecule has 0 atom stereocenters. The largest absolute Gasteiger partial charge is 0.373 e. The van der Waals surface area contributed by atoms with Gasteiger partial charge >= 0.3 is 0 Å². The molecule has 2 rings (SSSR count). The Morgan fingerprint density at radius 2 is 1.90 bits per heavy atom. The van der Waals surface area contributed by atoms with Gasteiger partial charge in [0.15, 0.2) is 0 Å². The van der Waals surface area contributed by atoms with Crippen molar-refractivity contribution in [3.8, 4) is 0 Å². The van der Waals surface area contributed by atoms with E-state index in [0.29, 0.717) is 5.92 Å². The predicted octanol–water partition coefficient (Wildman–Crippen LogP) is 3.95. The van der Waals surface area contributed by atoms with Crippen LogP contribution in [0.2, 0.25) is 0 Å². The molecule has 0 aliphatic carbocycles. The quantitative estimate of drug-likeness (QED) is 0.863. The molecular weight excluding hydrogens is 248 g/mol. The minimum Gasteiger partial charge on any atom is -0.373 e. The molecule has 0 amide bonds. The van der Waals surface area contributed by atoms with Gasteiger partial charge in [0.25, 0.3) is 0 Å². The van der Waals surface area contributed by atoms with Gasteiger partial charge in [0.05, 0.1) is 0 Å². The molecule has 4 heteroatoms. The number of aromatic nitrogens is 2. The average molecular weight is 270 g/mol. The molecule has 1 aromatic carbocycles. The summed E-state index contributed by atoms with van der Waals surface area (Å²) < 4.78 is 0. The lowest BCUT2D eigenvalue weighted by Crippen LogP contribution is -2.05. The topological polar surface area (TPSA) is 49.8 Å². The first-order chi connectivity index (χ1) is 9.65. The number of nitrogens with zero attached hydrogens (tertiary/aromatic N) is 2. The SMILES string of the molecule is CCc1c(NC)ncnc1Nc1cccc(C(C)C)c1. The molecule has 20 heavy (non-hydrogen) atoms. The average Bonchev–Trinajstić information content (AvgIpc) is 2.47. The smallest absolute Gasteiger partial charge is 0.139 e. The zero-order chi connectivity index (χ0) is 14.5. The number of anilines is 3. The summed E-state index contributed by atoms with van der Waals surface area (Å²) in [5, 5.41) is 6.51. The first-order valence-electron chi connectivity index (χ1n) is 7.04. The van der Waals surface area contributed by atoms with Crippen LogP contribution in [-0.4, -0.2) is 17.0 Å². The summed E-state index contributed by atoms with van der Waals surface area (Å²) in [4.78, 5) is 8.62. The van der Waals surface area contributed by atoms with Gasteiger partial charge < -0.3 is 10.6 Å². The zero-order valence-corrected chi connectivity index (χ0v) is 12.6. The van der Waals surface area contributed by atoms with Crippen molar-refractivity contribution >= 4 is 17.3 Å². The van der Waals surface area contributed by atoms with E-state index in [0.717, 1.165) is 29.3 Å². The highest BCUT2D eigenvalue weighted by atomic mass is 15.1. The second-order valence-electron chi connectivity index (χ2n) is 5.06. The fourth-order valence-electron chi connectivity index (χ4n) is 2.18. The maximum atomic E-state index is 4.37. The highest BCUT2D eigenvalue weighted by Crippen LogP contribution is 2.25. The lowest BCUT2D eigenvalue weighted by Gasteiger charge is -2.14. The van der Waals surface area contributed by atoms with Crippen molar-refractivity contribution in [3.63, 3.8) is 0 Å². The van der Waals surface area contributed by atoms with Crippen molar-refractivity contribution in [1.29, 1.82) is 0 Å². The van der Waals surface area contributed by atoms with E-state index in [1.165, 1.54) is 5.56 Å². The summed E-state index contributed by atoms with van der Waals surface area (Å²) in [5.41, 5.74) is 3.48. The predicted molar refractivity (Wildman–Crippen MR) is 84.8 cm³/mol. The second-order valence-corrected chi connectivity index (χ2v) is 5.06. The van der Waals surface area contributed by atoms with E-state index in [4.69, 9.17) is 0 Å². The highest BCUT2D eigenvalue weighted by molar-refractivity contribution is 5.65. The Labute approximate surface area is 120 Å². The van der Waals surface area contributed by atoms with Gasteiger partial charge in [-0.1, -0.05) is 32.9 Å². The van der Waals surface area contributed by atoms with Crippen LogP contribution in [0.5, 0.6) is 0 Å². The van der Waals surface area contributed by atoms with Crippen LogP contribution in [0.15, 0.2) is 30.6 Å². The highest BCUT2D eigenvalue weighted by Gasteiger charge is 2.09. The van der Waals surface area contributed by atoms with Crippen LogP contribution in [0.1, 0.15) is 37.8 Å². The van der Waals surface area contributed by atoms with Gasteiger partial charge in [0.1, 0.15) is 18.0 Å². The normalized spacial score (nSPS) is 10.7. The third-order valence-electron chi connectivity index (χ3n) is 3.35. The van der Waals surface area contributed by atoms with Gasteiger partial charge in [-0.3, -0.25) is 0 Å². The van der Waals surface area contributed by atoms with Crippen molar-refractivity contribution < 1.29 is 0 Å². The Morgan fingerprint density at radius 1 is 1.15 bits per heavy atom. The van der Waals surface area contributed by atoms with Crippen LogP contribution in [0.3, 0.4) is 0 Å². The Bertz CT molecular complexity index is 578. The van der Waals surface area contributed by atoms with Crippen molar-refractivity contribution in [2.24, 2.45) is 0 Å². The van der Waals surface area contributed by atoms with Gasteiger partial charge in [-0.05, 0) is 30.0 Å². The molecule has 106 valence electrons. The van der Waals surface area contributed by atoms with Crippen molar-refractivity contribution in [1.82, 2.24) is 9.97 Å². The van der Waals surface area contributed by atoms with Gasteiger partial charge in [0.2, 0.25) is 0 Å². The third-order valence-corrected chi connectivity index (χ3v) is 3.35. The molecule has 0 aliphatic heterocycles. The van der Waals surface area contributed by atoms with E-state index in [1.54, 1.807) is 6.33 Å². The molecule has 0 spiro atoms. The van der Waals surface area contributed by atoms with Gasteiger partial charge in [-0.2, -0.15) is 0 Å². The number of hydrogen-bond donors (Lipinski definition) is 2. The summed E-state index contributed by atoms with van der Waals surface area (Å²) in [5.74, 6) is 2.26. The second kappa shape index (κ2) is 6.37. The molecule has 1 heterocycles. The number of hydrogen-bond acceptors (Lipinski definition) is 4.